The number of nitrogens with one attached hydrogen (secondary N) is 1. The Morgan fingerprint density at radius 1 is 1.07 bits per heavy atom. The highest BCUT2D eigenvalue weighted by atomic mass is 35.5. The number of hydrogen-bond donors (Lipinski definition) is 2. The van der Waals surface area contributed by atoms with Crippen molar-refractivity contribution in [2.75, 3.05) is 6.61 Å². The van der Waals surface area contributed by atoms with E-state index < -0.39 is 28.5 Å². The van der Waals surface area contributed by atoms with Crippen LogP contribution >= 0.6 is 23.2 Å². The molecule has 10 heteroatoms. The maximum absolute atomic E-state index is 12.3. The van der Waals surface area contributed by atoms with E-state index in [9.17, 15) is 23.1 Å². The van der Waals surface area contributed by atoms with Crippen molar-refractivity contribution in [3.05, 3.63) is 69.7 Å². The van der Waals surface area contributed by atoms with Crippen LogP contribution in [0.25, 0.3) is 10.8 Å². The van der Waals surface area contributed by atoms with Crippen LogP contribution in [0.5, 0.6) is 5.75 Å². The van der Waals surface area contributed by atoms with E-state index in [2.05, 4.69) is 0 Å². The third-order valence-corrected chi connectivity index (χ3v) is 6.02. The lowest BCUT2D eigenvalue weighted by Crippen LogP contribution is -2.34. The maximum Gasteiger partial charge on any atom is 0.335 e. The number of ether oxygens (including phenoxy) is 1. The average Bonchev–Trinajstić information content (AvgIpc) is 2.65. The van der Waals surface area contributed by atoms with E-state index in [1.54, 1.807) is 19.1 Å². The van der Waals surface area contributed by atoms with Crippen LogP contribution in [0.4, 0.5) is 0 Å². The van der Waals surface area contributed by atoms with Crippen LogP contribution in [0.1, 0.15) is 15.9 Å². The van der Waals surface area contributed by atoms with Gasteiger partial charge in [-0.05, 0) is 48.7 Å². The Bertz CT molecular complexity index is 1260. The van der Waals surface area contributed by atoms with Gasteiger partial charge in [0.25, 0.3) is 15.9 Å². The normalized spacial score (nSPS) is 11.3. The Morgan fingerprint density at radius 3 is 2.37 bits per heavy atom. The van der Waals surface area contributed by atoms with Gasteiger partial charge in [-0.1, -0.05) is 40.9 Å². The number of aromatic carboxylic acids is 1. The number of aryl methyl sites for hydroxylation is 1. The molecule has 0 aromatic heterocycles. The Balaban J connectivity index is 1.85. The number of carboxylic acid groups (broad SMARTS) is 1. The summed E-state index contributed by atoms with van der Waals surface area (Å²) in [6, 6.07) is 11.5. The molecule has 0 unspecified atom stereocenters. The van der Waals surface area contributed by atoms with Crippen LogP contribution in [-0.4, -0.2) is 32.0 Å². The van der Waals surface area contributed by atoms with Gasteiger partial charge < -0.3 is 9.84 Å². The fraction of sp³-hybridized carbons (Fsp3) is 0.100. The first kappa shape index (κ1) is 21.9. The van der Waals surface area contributed by atoms with Crippen LogP contribution in [0.3, 0.4) is 0 Å². The number of sulfonamides is 1. The van der Waals surface area contributed by atoms with Crippen molar-refractivity contribution < 1.29 is 27.9 Å². The molecule has 3 aromatic rings. The van der Waals surface area contributed by atoms with E-state index in [-0.39, 0.29) is 21.2 Å². The Kier molecular flexibility index (Phi) is 6.21. The first-order chi connectivity index (χ1) is 14.1. The van der Waals surface area contributed by atoms with Gasteiger partial charge >= 0.3 is 5.97 Å². The number of halogens is 2. The molecule has 0 spiro atoms. The number of amides is 1. The molecule has 0 atom stereocenters. The van der Waals surface area contributed by atoms with Gasteiger partial charge in [-0.25, -0.2) is 17.9 Å². The number of rotatable bonds is 6. The summed E-state index contributed by atoms with van der Waals surface area (Å²) >= 11 is 12.2. The van der Waals surface area contributed by atoms with Crippen molar-refractivity contribution in [1.29, 1.82) is 0 Å². The van der Waals surface area contributed by atoms with Gasteiger partial charge in [-0.2, -0.15) is 0 Å². The van der Waals surface area contributed by atoms with Crippen LogP contribution < -0.4 is 9.46 Å². The minimum atomic E-state index is -4.08. The first-order valence-electron chi connectivity index (χ1n) is 8.48. The molecule has 0 aliphatic rings. The molecule has 0 aliphatic heterocycles. The predicted molar refractivity (Wildman–Crippen MR) is 113 cm³/mol. The summed E-state index contributed by atoms with van der Waals surface area (Å²) in [6.07, 6.45) is 0. The van der Waals surface area contributed by atoms with Gasteiger partial charge in [0.05, 0.1) is 15.5 Å². The van der Waals surface area contributed by atoms with E-state index in [0.29, 0.717) is 15.8 Å². The standard InChI is InChI=1S/C20H15Cl2NO6S/c1-11-2-4-15(5-3-11)30(27,28)23-18(24)10-29-17-8-13(20(25)26)6-12-7-14(21)9-16(22)19(12)17/h2-9H,10H2,1H3,(H,23,24)(H,25,26). The highest BCUT2D eigenvalue weighted by Crippen LogP contribution is 2.36. The summed E-state index contributed by atoms with van der Waals surface area (Å²) in [7, 11) is -4.08. The molecule has 0 saturated carbocycles. The van der Waals surface area contributed by atoms with Crippen LogP contribution in [0.15, 0.2) is 53.4 Å². The van der Waals surface area contributed by atoms with Crippen molar-refractivity contribution in [3.8, 4) is 5.75 Å². The second-order valence-corrected chi connectivity index (χ2v) is 8.92. The molecule has 0 fully saturated rings. The third-order valence-electron chi connectivity index (χ3n) is 4.11. The molecule has 156 valence electrons. The molecule has 1 amide bonds. The monoisotopic (exact) mass is 467 g/mol. The predicted octanol–water partition coefficient (Wildman–Crippen LogP) is 4.04. The minimum absolute atomic E-state index is 0.00875. The SMILES string of the molecule is Cc1ccc(S(=O)(=O)NC(=O)COc2cc(C(=O)O)cc3cc(Cl)cc(Cl)c23)cc1. The quantitative estimate of drug-likeness (QED) is 0.565. The van der Waals surface area contributed by atoms with E-state index in [1.807, 2.05) is 4.72 Å². The average molecular weight is 468 g/mol. The zero-order valence-electron chi connectivity index (χ0n) is 15.5. The molecule has 30 heavy (non-hydrogen) atoms. The highest BCUT2D eigenvalue weighted by molar-refractivity contribution is 7.90. The summed E-state index contributed by atoms with van der Waals surface area (Å²) in [5, 5.41) is 10.5. The number of carboxylic acids is 1. The molecule has 7 nitrogen and oxygen atoms in total. The van der Waals surface area contributed by atoms with Gasteiger partial charge in [0, 0.05) is 10.4 Å². The highest BCUT2D eigenvalue weighted by Gasteiger charge is 2.19. The van der Waals surface area contributed by atoms with Gasteiger partial charge in [0.2, 0.25) is 0 Å². The van der Waals surface area contributed by atoms with Crippen LogP contribution in [-0.2, 0) is 14.8 Å². The molecule has 0 saturated heterocycles. The van der Waals surface area contributed by atoms with Crippen molar-refractivity contribution in [2.45, 2.75) is 11.8 Å². The zero-order chi connectivity index (χ0) is 22.1. The van der Waals surface area contributed by atoms with Crippen molar-refractivity contribution in [3.63, 3.8) is 0 Å². The minimum Gasteiger partial charge on any atom is -0.483 e. The van der Waals surface area contributed by atoms with Gasteiger partial charge in [-0.3, -0.25) is 4.79 Å². The van der Waals surface area contributed by atoms with Crippen molar-refractivity contribution in [1.82, 2.24) is 4.72 Å². The van der Waals surface area contributed by atoms with E-state index in [0.717, 1.165) is 5.56 Å². The van der Waals surface area contributed by atoms with Gasteiger partial charge in [-0.15, -0.1) is 0 Å². The lowest BCUT2D eigenvalue weighted by molar-refractivity contribution is -0.121. The second-order valence-electron chi connectivity index (χ2n) is 6.40. The number of hydrogen-bond acceptors (Lipinski definition) is 5. The number of carbonyl (C=O) groups excluding carboxylic acids is 1. The van der Waals surface area contributed by atoms with Gasteiger partial charge in [0.1, 0.15) is 5.75 Å². The summed E-state index contributed by atoms with van der Waals surface area (Å²) in [6.45, 7) is 1.12. The zero-order valence-corrected chi connectivity index (χ0v) is 17.8. The Morgan fingerprint density at radius 2 is 1.73 bits per heavy atom. The number of fused-ring (bicyclic) bond motifs is 1. The van der Waals surface area contributed by atoms with Crippen molar-refractivity contribution in [2.24, 2.45) is 0 Å². The first-order valence-corrected chi connectivity index (χ1v) is 10.7. The topological polar surface area (TPSA) is 110 Å². The molecule has 3 rings (SSSR count). The maximum atomic E-state index is 12.3. The lowest BCUT2D eigenvalue weighted by Gasteiger charge is -2.13. The molecular weight excluding hydrogens is 453 g/mol. The summed E-state index contributed by atoms with van der Waals surface area (Å²) in [5.74, 6) is -2.15. The fourth-order valence-corrected chi connectivity index (χ4v) is 4.30. The molecule has 2 N–H and O–H groups in total. The van der Waals surface area contributed by atoms with E-state index in [1.165, 1.54) is 36.4 Å². The molecule has 0 aliphatic carbocycles. The molecular formula is C20H15Cl2NO6S. The molecule has 0 heterocycles. The Hall–Kier alpha value is -2.81. The molecule has 3 aromatic carbocycles. The largest absolute Gasteiger partial charge is 0.483 e. The number of carbonyl (C=O) groups is 2. The summed E-state index contributed by atoms with van der Waals surface area (Å²) in [5.41, 5.74) is 0.759. The summed E-state index contributed by atoms with van der Waals surface area (Å²) < 4.78 is 32.0. The fourth-order valence-electron chi connectivity index (χ4n) is 2.73. The van der Waals surface area contributed by atoms with E-state index >= 15 is 0 Å². The third kappa shape index (κ3) is 4.84. The van der Waals surface area contributed by atoms with Crippen molar-refractivity contribution >= 4 is 55.9 Å². The van der Waals surface area contributed by atoms with Gasteiger partial charge in [0.15, 0.2) is 6.61 Å². The molecule has 0 radical (unpaired) electrons. The Labute approximate surface area is 182 Å². The van der Waals surface area contributed by atoms with Crippen LogP contribution in [0, 0.1) is 6.92 Å². The van der Waals surface area contributed by atoms with E-state index in [4.69, 9.17) is 27.9 Å². The lowest BCUT2D eigenvalue weighted by atomic mass is 10.1. The smallest absolute Gasteiger partial charge is 0.335 e. The molecule has 0 bridgehead atoms. The second kappa shape index (κ2) is 8.51. The van der Waals surface area contributed by atoms with Crippen LogP contribution in [0.2, 0.25) is 10.0 Å². The summed E-state index contributed by atoms with van der Waals surface area (Å²) in [4.78, 5) is 23.5. The number of benzene rings is 3.